The molecule has 4 heteroatoms. The van der Waals surface area contributed by atoms with E-state index in [1.807, 2.05) is 0 Å². The smallest absolute Gasteiger partial charge is 0.132 e. The van der Waals surface area contributed by atoms with Crippen molar-refractivity contribution in [1.29, 1.82) is 0 Å². The van der Waals surface area contributed by atoms with Crippen LogP contribution in [-0.2, 0) is 6.54 Å². The normalized spacial score (nSPS) is 10.6. The summed E-state index contributed by atoms with van der Waals surface area (Å²) < 4.78 is 13.7. The van der Waals surface area contributed by atoms with E-state index in [0.29, 0.717) is 22.2 Å². The lowest BCUT2D eigenvalue weighted by atomic mass is 10.0. The molecule has 0 saturated heterocycles. The molecule has 2 aromatic carbocycles. The van der Waals surface area contributed by atoms with Crippen LogP contribution < -0.4 is 5.73 Å². The van der Waals surface area contributed by atoms with Gasteiger partial charge in [0.15, 0.2) is 0 Å². The van der Waals surface area contributed by atoms with Crippen molar-refractivity contribution in [2.24, 2.45) is 5.73 Å². The van der Waals surface area contributed by atoms with E-state index < -0.39 is 0 Å². The molecule has 0 aliphatic carbocycles. The second-order valence-corrected chi connectivity index (χ2v) is 4.48. The van der Waals surface area contributed by atoms with Crippen molar-refractivity contribution in [2.45, 2.75) is 6.54 Å². The minimum absolute atomic E-state index is 0.321. The molecule has 0 bridgehead atoms. The highest BCUT2D eigenvalue weighted by atomic mass is 35.5. The minimum Gasteiger partial charge on any atom is -0.326 e. The molecule has 2 N–H and O–H groups in total. The van der Waals surface area contributed by atoms with Gasteiger partial charge in [-0.1, -0.05) is 29.3 Å². The quantitative estimate of drug-likeness (QED) is 0.866. The van der Waals surface area contributed by atoms with Crippen molar-refractivity contribution < 1.29 is 4.39 Å². The van der Waals surface area contributed by atoms with Gasteiger partial charge < -0.3 is 5.73 Å². The van der Waals surface area contributed by atoms with Crippen LogP contribution in [0.4, 0.5) is 4.39 Å². The molecule has 0 saturated carbocycles. The lowest BCUT2D eigenvalue weighted by Crippen LogP contribution is -1.97. The fraction of sp³-hybridized carbons (Fsp3) is 0.0769. The van der Waals surface area contributed by atoms with Crippen LogP contribution in [0.25, 0.3) is 11.1 Å². The van der Waals surface area contributed by atoms with Crippen LogP contribution in [0.2, 0.25) is 10.0 Å². The Balaban J connectivity index is 2.53. The summed E-state index contributed by atoms with van der Waals surface area (Å²) >= 11 is 11.7. The average Bonchev–Trinajstić information content (AvgIpc) is 2.30. The summed E-state index contributed by atoms with van der Waals surface area (Å²) in [4.78, 5) is 0. The number of nitrogens with two attached hydrogens (primary N) is 1. The van der Waals surface area contributed by atoms with Crippen molar-refractivity contribution >= 4 is 23.2 Å². The monoisotopic (exact) mass is 269 g/mol. The van der Waals surface area contributed by atoms with E-state index in [-0.39, 0.29) is 5.82 Å². The van der Waals surface area contributed by atoms with E-state index in [4.69, 9.17) is 28.9 Å². The van der Waals surface area contributed by atoms with E-state index in [2.05, 4.69) is 0 Å². The molecule has 0 atom stereocenters. The Morgan fingerprint density at radius 1 is 1.06 bits per heavy atom. The van der Waals surface area contributed by atoms with Crippen LogP contribution in [-0.4, -0.2) is 0 Å². The van der Waals surface area contributed by atoms with Gasteiger partial charge in [0, 0.05) is 22.2 Å². The minimum atomic E-state index is -0.359. The number of hydrogen-bond donors (Lipinski definition) is 1. The van der Waals surface area contributed by atoms with Gasteiger partial charge in [-0.3, -0.25) is 0 Å². The van der Waals surface area contributed by atoms with Gasteiger partial charge in [-0.25, -0.2) is 4.39 Å². The molecule has 0 unspecified atom stereocenters. The summed E-state index contributed by atoms with van der Waals surface area (Å²) in [5.41, 5.74) is 7.58. The van der Waals surface area contributed by atoms with Crippen LogP contribution in [0.3, 0.4) is 0 Å². The third kappa shape index (κ3) is 2.60. The summed E-state index contributed by atoms with van der Waals surface area (Å²) in [5.74, 6) is -0.359. The number of hydrogen-bond acceptors (Lipinski definition) is 1. The molecular weight excluding hydrogens is 260 g/mol. The molecule has 0 amide bonds. The van der Waals surface area contributed by atoms with Gasteiger partial charge in [0.05, 0.1) is 0 Å². The molecule has 0 radical (unpaired) electrons. The van der Waals surface area contributed by atoms with Crippen LogP contribution >= 0.6 is 23.2 Å². The molecule has 2 rings (SSSR count). The maximum absolute atomic E-state index is 13.7. The predicted molar refractivity (Wildman–Crippen MR) is 69.7 cm³/mol. The van der Waals surface area contributed by atoms with Crippen molar-refractivity contribution in [2.75, 3.05) is 0 Å². The second kappa shape index (κ2) is 5.05. The maximum atomic E-state index is 13.7. The fourth-order valence-electron chi connectivity index (χ4n) is 1.62. The van der Waals surface area contributed by atoms with Crippen LogP contribution in [0, 0.1) is 5.82 Å². The van der Waals surface area contributed by atoms with E-state index in [0.717, 1.165) is 11.1 Å². The SMILES string of the molecule is NCc1cc(-c2ccc(Cl)cc2F)ccc1Cl. The third-order valence-electron chi connectivity index (χ3n) is 2.51. The Kier molecular flexibility index (Phi) is 3.67. The zero-order valence-corrected chi connectivity index (χ0v) is 10.4. The van der Waals surface area contributed by atoms with E-state index in [1.54, 1.807) is 30.3 Å². The Morgan fingerprint density at radius 2 is 1.82 bits per heavy atom. The number of halogens is 3. The second-order valence-electron chi connectivity index (χ2n) is 3.63. The van der Waals surface area contributed by atoms with Crippen molar-refractivity contribution in [3.63, 3.8) is 0 Å². The van der Waals surface area contributed by atoms with E-state index in [9.17, 15) is 4.39 Å². The molecule has 0 spiro atoms. The highest BCUT2D eigenvalue weighted by Gasteiger charge is 2.07. The summed E-state index contributed by atoms with van der Waals surface area (Å²) in [5, 5.41) is 0.963. The average molecular weight is 270 g/mol. The molecule has 0 aromatic heterocycles. The Bertz CT molecular complexity index is 555. The Hall–Kier alpha value is -1.09. The predicted octanol–water partition coefficient (Wildman–Crippen LogP) is 4.26. The van der Waals surface area contributed by atoms with Crippen LogP contribution in [0.15, 0.2) is 36.4 Å². The first-order valence-electron chi connectivity index (χ1n) is 5.05. The summed E-state index contributed by atoms with van der Waals surface area (Å²) in [7, 11) is 0. The molecule has 0 heterocycles. The lowest BCUT2D eigenvalue weighted by Gasteiger charge is -2.07. The molecule has 17 heavy (non-hydrogen) atoms. The molecule has 2 aromatic rings. The van der Waals surface area contributed by atoms with Gasteiger partial charge in [0.2, 0.25) is 0 Å². The Labute approximate surface area is 109 Å². The molecule has 0 aliphatic heterocycles. The Morgan fingerprint density at radius 3 is 2.47 bits per heavy atom. The fourth-order valence-corrected chi connectivity index (χ4v) is 1.98. The number of rotatable bonds is 2. The molecule has 0 fully saturated rings. The van der Waals surface area contributed by atoms with Gasteiger partial charge in [-0.2, -0.15) is 0 Å². The van der Waals surface area contributed by atoms with E-state index >= 15 is 0 Å². The van der Waals surface area contributed by atoms with Crippen molar-refractivity contribution in [1.82, 2.24) is 0 Å². The first kappa shape index (κ1) is 12.4. The van der Waals surface area contributed by atoms with Crippen LogP contribution in [0.5, 0.6) is 0 Å². The van der Waals surface area contributed by atoms with Gasteiger partial charge in [-0.05, 0) is 41.5 Å². The lowest BCUT2D eigenvalue weighted by molar-refractivity contribution is 0.631. The standard InChI is InChI=1S/C13H10Cl2FN/c14-10-2-3-11(13(16)6-10)8-1-4-12(15)9(5-8)7-17/h1-6H,7,17H2. The summed E-state index contributed by atoms with van der Waals surface area (Å²) in [6.45, 7) is 0.321. The molecule has 0 aliphatic rings. The van der Waals surface area contributed by atoms with Crippen LogP contribution in [0.1, 0.15) is 5.56 Å². The third-order valence-corrected chi connectivity index (χ3v) is 3.11. The first-order valence-corrected chi connectivity index (χ1v) is 5.81. The van der Waals surface area contributed by atoms with Crippen molar-refractivity contribution in [3.05, 3.63) is 57.8 Å². The summed E-state index contributed by atoms with van der Waals surface area (Å²) in [6.07, 6.45) is 0. The molecular formula is C13H10Cl2FN. The zero-order valence-electron chi connectivity index (χ0n) is 8.88. The summed E-state index contributed by atoms with van der Waals surface area (Å²) in [6, 6.07) is 9.83. The van der Waals surface area contributed by atoms with Crippen molar-refractivity contribution in [3.8, 4) is 11.1 Å². The molecule has 88 valence electrons. The van der Waals surface area contributed by atoms with Gasteiger partial charge in [0.25, 0.3) is 0 Å². The first-order chi connectivity index (χ1) is 8.11. The largest absolute Gasteiger partial charge is 0.326 e. The van der Waals surface area contributed by atoms with Gasteiger partial charge >= 0.3 is 0 Å². The van der Waals surface area contributed by atoms with Gasteiger partial charge in [0.1, 0.15) is 5.82 Å². The van der Waals surface area contributed by atoms with E-state index in [1.165, 1.54) is 6.07 Å². The highest BCUT2D eigenvalue weighted by molar-refractivity contribution is 6.31. The highest BCUT2D eigenvalue weighted by Crippen LogP contribution is 2.28. The zero-order chi connectivity index (χ0) is 12.4. The molecule has 1 nitrogen and oxygen atoms in total. The van der Waals surface area contributed by atoms with Gasteiger partial charge in [-0.15, -0.1) is 0 Å². The maximum Gasteiger partial charge on any atom is 0.132 e. The topological polar surface area (TPSA) is 26.0 Å². The number of benzene rings is 2.